The normalized spacial score (nSPS) is 22.7. The minimum Gasteiger partial charge on any atom is -0.354 e. The average Bonchev–Trinajstić information content (AvgIpc) is 3.41. The van der Waals surface area contributed by atoms with E-state index in [1.807, 2.05) is 35.9 Å². The number of halogens is 3. The third-order valence-electron chi connectivity index (χ3n) is 6.90. The van der Waals surface area contributed by atoms with Crippen molar-refractivity contribution in [2.45, 2.75) is 51.0 Å². The molecule has 0 aromatic carbocycles. The molecule has 1 unspecified atom stereocenters. The molecule has 2 aliphatic rings. The van der Waals surface area contributed by atoms with Crippen molar-refractivity contribution in [3.8, 4) is 0 Å². The van der Waals surface area contributed by atoms with Crippen LogP contribution in [0, 0.1) is 5.92 Å². The van der Waals surface area contributed by atoms with Crippen LogP contribution >= 0.6 is 0 Å². The van der Waals surface area contributed by atoms with Gasteiger partial charge in [-0.05, 0) is 49.9 Å². The molecule has 3 atom stereocenters. The number of amides is 1. The summed E-state index contributed by atoms with van der Waals surface area (Å²) in [5.74, 6) is -1.18. The molecule has 0 saturated carbocycles. The van der Waals surface area contributed by atoms with E-state index in [1.165, 1.54) is 0 Å². The highest BCUT2D eigenvalue weighted by Gasteiger charge is 2.48. The van der Waals surface area contributed by atoms with Gasteiger partial charge >= 0.3 is 6.18 Å². The van der Waals surface area contributed by atoms with E-state index in [1.54, 1.807) is 17.2 Å². The number of rotatable bonds is 4. The highest BCUT2D eigenvalue weighted by atomic mass is 19.4. The molecule has 1 aliphatic heterocycles. The van der Waals surface area contributed by atoms with Gasteiger partial charge in [0.1, 0.15) is 11.5 Å². The first kappa shape index (κ1) is 22.6. The number of fused-ring (bicyclic) bond motifs is 2. The van der Waals surface area contributed by atoms with Crippen LogP contribution in [0.15, 0.2) is 36.7 Å². The third-order valence-corrected chi connectivity index (χ3v) is 6.90. The Morgan fingerprint density at radius 3 is 2.82 bits per heavy atom. The largest absolute Gasteiger partial charge is 0.395 e. The number of alkyl halides is 3. The first-order valence-electron chi connectivity index (χ1n) is 11.5. The molecule has 1 fully saturated rings. The van der Waals surface area contributed by atoms with E-state index in [9.17, 15) is 18.0 Å². The summed E-state index contributed by atoms with van der Waals surface area (Å²) in [6.45, 7) is 2.82. The van der Waals surface area contributed by atoms with Gasteiger partial charge in [-0.15, -0.1) is 0 Å². The minimum atomic E-state index is -4.31. The van der Waals surface area contributed by atoms with Crippen LogP contribution in [0.5, 0.6) is 0 Å². The number of nitrogens with zero attached hydrogens (tertiary/aromatic N) is 4. The van der Waals surface area contributed by atoms with Crippen LogP contribution in [0.3, 0.4) is 0 Å². The number of nitrogens with two attached hydrogens (primary N) is 1. The standard InChI is InChI=1S/C24H27F3N6O/c1-2-32-8-7-15-9-16(11-29-22(15)32)23(34)30-17-4-5-20-14(10-17)3-6-21(31-20)33-12-18(19(28)13-33)24(25,26)27/h3,6-9,11,17-19H,2,4-5,10,12-13,28H2,1H3,(H,30,34)/t17-,18?,19+/m0/s1. The van der Waals surface area contributed by atoms with Gasteiger partial charge in [0.15, 0.2) is 0 Å². The molecule has 4 heterocycles. The maximum Gasteiger partial charge on any atom is 0.395 e. The zero-order chi connectivity index (χ0) is 24.0. The van der Waals surface area contributed by atoms with Crippen LogP contribution in [0.2, 0.25) is 0 Å². The molecule has 0 bridgehead atoms. The molecule has 34 heavy (non-hydrogen) atoms. The Morgan fingerprint density at radius 1 is 1.26 bits per heavy atom. The quantitative estimate of drug-likeness (QED) is 0.609. The van der Waals surface area contributed by atoms with Crippen molar-refractivity contribution in [1.29, 1.82) is 0 Å². The molecule has 1 amide bonds. The number of carbonyl (C=O) groups excluding carboxylic acids is 1. The molecule has 3 N–H and O–H groups in total. The summed E-state index contributed by atoms with van der Waals surface area (Å²) in [6.07, 6.45) is 1.23. The molecule has 0 spiro atoms. The lowest BCUT2D eigenvalue weighted by atomic mass is 9.91. The van der Waals surface area contributed by atoms with E-state index >= 15 is 0 Å². The molecule has 180 valence electrons. The van der Waals surface area contributed by atoms with Crippen LogP contribution in [0.25, 0.3) is 11.0 Å². The molecular formula is C24H27F3N6O. The smallest absolute Gasteiger partial charge is 0.354 e. The fourth-order valence-electron chi connectivity index (χ4n) is 4.99. The molecule has 10 heteroatoms. The van der Waals surface area contributed by atoms with Crippen molar-refractivity contribution in [3.05, 3.63) is 53.5 Å². The highest BCUT2D eigenvalue weighted by molar-refractivity contribution is 5.97. The molecule has 7 nitrogen and oxygen atoms in total. The third kappa shape index (κ3) is 4.22. The van der Waals surface area contributed by atoms with Gasteiger partial charge in [0, 0.05) is 55.2 Å². The second-order valence-electron chi connectivity index (χ2n) is 9.14. The monoisotopic (exact) mass is 472 g/mol. The summed E-state index contributed by atoms with van der Waals surface area (Å²) in [4.78, 5) is 23.5. The summed E-state index contributed by atoms with van der Waals surface area (Å²) >= 11 is 0. The van der Waals surface area contributed by atoms with E-state index in [0.29, 0.717) is 30.6 Å². The number of pyridine rings is 2. The van der Waals surface area contributed by atoms with Gasteiger partial charge in [0.2, 0.25) is 0 Å². The molecule has 3 aromatic heterocycles. The number of aromatic nitrogens is 3. The van der Waals surface area contributed by atoms with E-state index < -0.39 is 18.1 Å². The molecule has 1 aliphatic carbocycles. The number of nitrogens with one attached hydrogen (secondary N) is 1. The fraction of sp³-hybridized carbons (Fsp3) is 0.458. The van der Waals surface area contributed by atoms with Crippen LogP contribution in [0.1, 0.15) is 35.0 Å². The molecule has 1 saturated heterocycles. The Balaban J connectivity index is 1.25. The lowest BCUT2D eigenvalue weighted by molar-refractivity contribution is -0.171. The number of hydrogen-bond acceptors (Lipinski definition) is 5. The van der Waals surface area contributed by atoms with Crippen molar-refractivity contribution in [1.82, 2.24) is 19.9 Å². The van der Waals surface area contributed by atoms with E-state index in [0.717, 1.165) is 28.8 Å². The van der Waals surface area contributed by atoms with Gasteiger partial charge in [-0.3, -0.25) is 4.79 Å². The number of anilines is 1. The van der Waals surface area contributed by atoms with Crippen LogP contribution in [-0.4, -0.2) is 51.8 Å². The van der Waals surface area contributed by atoms with Crippen molar-refractivity contribution in [3.63, 3.8) is 0 Å². The number of hydrogen-bond donors (Lipinski definition) is 2. The number of aryl methyl sites for hydroxylation is 2. The van der Waals surface area contributed by atoms with Crippen LogP contribution in [0.4, 0.5) is 19.0 Å². The van der Waals surface area contributed by atoms with Gasteiger partial charge in [-0.25, -0.2) is 9.97 Å². The Hall–Kier alpha value is -3.14. The Bertz CT molecular complexity index is 1220. The summed E-state index contributed by atoms with van der Waals surface area (Å²) < 4.78 is 41.5. The van der Waals surface area contributed by atoms with Gasteiger partial charge in [-0.2, -0.15) is 13.2 Å². The average molecular weight is 473 g/mol. The summed E-state index contributed by atoms with van der Waals surface area (Å²) in [7, 11) is 0. The molecule has 5 rings (SSSR count). The zero-order valence-electron chi connectivity index (χ0n) is 18.8. The zero-order valence-corrected chi connectivity index (χ0v) is 18.8. The maximum atomic E-state index is 13.2. The predicted octanol–water partition coefficient (Wildman–Crippen LogP) is 3.06. The summed E-state index contributed by atoms with van der Waals surface area (Å²) in [6, 6.07) is 6.47. The van der Waals surface area contributed by atoms with Gasteiger partial charge in [0.25, 0.3) is 5.91 Å². The lowest BCUT2D eigenvalue weighted by Crippen LogP contribution is -2.39. The first-order chi connectivity index (χ1) is 16.2. The van der Waals surface area contributed by atoms with Gasteiger partial charge in [-0.1, -0.05) is 6.07 Å². The molecule has 0 radical (unpaired) electrons. The second kappa shape index (κ2) is 8.57. The Morgan fingerprint density at radius 2 is 2.09 bits per heavy atom. The molecular weight excluding hydrogens is 445 g/mol. The highest BCUT2D eigenvalue weighted by Crippen LogP contribution is 2.35. The summed E-state index contributed by atoms with van der Waals surface area (Å²) in [5.41, 5.74) is 9.00. The topological polar surface area (TPSA) is 89.1 Å². The van der Waals surface area contributed by atoms with Crippen molar-refractivity contribution < 1.29 is 18.0 Å². The van der Waals surface area contributed by atoms with Crippen molar-refractivity contribution in [2.24, 2.45) is 11.7 Å². The fourth-order valence-corrected chi connectivity index (χ4v) is 4.99. The Labute approximate surface area is 195 Å². The van der Waals surface area contributed by atoms with E-state index in [4.69, 9.17) is 5.73 Å². The lowest BCUT2D eigenvalue weighted by Gasteiger charge is -2.26. The molecule has 3 aromatic rings. The van der Waals surface area contributed by atoms with Crippen LogP contribution in [-0.2, 0) is 19.4 Å². The van der Waals surface area contributed by atoms with E-state index in [2.05, 4.69) is 15.3 Å². The SMILES string of the molecule is CCn1ccc2cc(C(=O)N[C@H]3CCc4nc(N5CC(C(F)(F)F)[C@H](N)C5)ccc4C3)cnc21. The van der Waals surface area contributed by atoms with Crippen LogP contribution < -0.4 is 16.0 Å². The number of carbonyl (C=O) groups is 1. The van der Waals surface area contributed by atoms with E-state index in [-0.39, 0.29) is 25.0 Å². The predicted molar refractivity (Wildman–Crippen MR) is 123 cm³/mol. The van der Waals surface area contributed by atoms with Gasteiger partial charge < -0.3 is 20.5 Å². The van der Waals surface area contributed by atoms with Gasteiger partial charge in [0.05, 0.1) is 11.5 Å². The summed E-state index contributed by atoms with van der Waals surface area (Å²) in [5, 5.41) is 4.02. The minimum absolute atomic E-state index is 0.0431. The maximum absolute atomic E-state index is 13.2. The van der Waals surface area contributed by atoms with Crippen molar-refractivity contribution >= 4 is 22.8 Å². The Kier molecular flexibility index (Phi) is 5.71. The first-order valence-corrected chi connectivity index (χ1v) is 11.5. The second-order valence-corrected chi connectivity index (χ2v) is 9.14. The van der Waals surface area contributed by atoms with Crippen molar-refractivity contribution in [2.75, 3.05) is 18.0 Å².